The Bertz CT molecular complexity index is 1010. The second-order valence-electron chi connectivity index (χ2n) is 8.54. The lowest BCUT2D eigenvalue weighted by Gasteiger charge is -2.23. The maximum atomic E-state index is 13.2. The molecular weight excluding hydrogens is 404 g/mol. The molecule has 0 radical (unpaired) electrons. The first-order valence-corrected chi connectivity index (χ1v) is 12.2. The number of nitrogens with zero attached hydrogens (tertiary/aromatic N) is 4. The third-order valence-electron chi connectivity index (χ3n) is 5.95. The van der Waals surface area contributed by atoms with Crippen LogP contribution in [-0.2, 0) is 17.8 Å². The minimum absolute atomic E-state index is 0.156. The summed E-state index contributed by atoms with van der Waals surface area (Å²) >= 11 is 1.55. The van der Waals surface area contributed by atoms with Gasteiger partial charge in [0.1, 0.15) is 5.82 Å². The van der Waals surface area contributed by atoms with Crippen molar-refractivity contribution in [3.8, 4) is 0 Å². The molecule has 3 aromatic rings. The molecule has 2 saturated carbocycles. The minimum Gasteiger partial charge on any atom is -0.337 e. The van der Waals surface area contributed by atoms with Crippen LogP contribution in [0.4, 0.5) is 0 Å². The highest BCUT2D eigenvalue weighted by atomic mass is 32.2. The van der Waals surface area contributed by atoms with E-state index in [1.807, 2.05) is 29.2 Å². The average Bonchev–Trinajstić information content (AvgIpc) is 3.75. The Kier molecular flexibility index (Phi) is 6.07. The Labute approximate surface area is 187 Å². The van der Waals surface area contributed by atoms with Crippen molar-refractivity contribution in [2.45, 2.75) is 55.8 Å². The van der Waals surface area contributed by atoms with Crippen LogP contribution in [0.15, 0.2) is 65.8 Å². The van der Waals surface area contributed by atoms with Crippen LogP contribution < -0.4 is 0 Å². The number of hydrogen-bond donors (Lipinski definition) is 0. The Morgan fingerprint density at radius 1 is 0.935 bits per heavy atom. The van der Waals surface area contributed by atoms with E-state index in [0.717, 1.165) is 23.0 Å². The van der Waals surface area contributed by atoms with Crippen molar-refractivity contribution in [2.24, 2.45) is 0 Å². The minimum atomic E-state index is 0.156. The molecule has 2 aliphatic carbocycles. The summed E-state index contributed by atoms with van der Waals surface area (Å²) in [7, 11) is 0. The van der Waals surface area contributed by atoms with Crippen molar-refractivity contribution < 1.29 is 4.79 Å². The van der Waals surface area contributed by atoms with Gasteiger partial charge in [0, 0.05) is 25.0 Å². The van der Waals surface area contributed by atoms with Crippen molar-refractivity contribution >= 4 is 17.7 Å². The first kappa shape index (κ1) is 20.3. The maximum Gasteiger partial charge on any atom is 0.233 e. The molecule has 0 bridgehead atoms. The largest absolute Gasteiger partial charge is 0.337 e. The van der Waals surface area contributed by atoms with Crippen molar-refractivity contribution in [2.75, 3.05) is 12.3 Å². The highest BCUT2D eigenvalue weighted by molar-refractivity contribution is 7.99. The van der Waals surface area contributed by atoms with Gasteiger partial charge in [0.05, 0.1) is 5.75 Å². The van der Waals surface area contributed by atoms with E-state index < -0.39 is 0 Å². The Morgan fingerprint density at radius 3 is 2.26 bits per heavy atom. The third kappa shape index (κ3) is 5.18. The zero-order valence-electron chi connectivity index (χ0n) is 17.7. The van der Waals surface area contributed by atoms with Crippen LogP contribution >= 0.6 is 11.8 Å². The van der Waals surface area contributed by atoms with E-state index in [1.165, 1.54) is 31.2 Å². The number of benzene rings is 2. The fourth-order valence-electron chi connectivity index (χ4n) is 3.90. The molecule has 2 fully saturated rings. The molecule has 1 amide bonds. The molecule has 0 spiro atoms. The molecule has 0 N–H and O–H groups in total. The first-order valence-electron chi connectivity index (χ1n) is 11.2. The summed E-state index contributed by atoms with van der Waals surface area (Å²) in [6, 6.07) is 21.2. The van der Waals surface area contributed by atoms with Crippen LogP contribution in [0.3, 0.4) is 0 Å². The van der Waals surface area contributed by atoms with Crippen molar-refractivity contribution in [1.82, 2.24) is 19.7 Å². The van der Waals surface area contributed by atoms with Gasteiger partial charge in [-0.2, -0.15) is 0 Å². The molecule has 1 aromatic heterocycles. The molecule has 31 heavy (non-hydrogen) atoms. The SMILES string of the molecule is O=C(CSc1nnc(C2CC2)n1C1CC1)N(CCc1ccccc1)Cc1ccccc1. The lowest BCUT2D eigenvalue weighted by atomic mass is 10.1. The molecule has 0 saturated heterocycles. The normalized spacial score (nSPS) is 15.7. The number of amides is 1. The first-order chi connectivity index (χ1) is 15.3. The zero-order chi connectivity index (χ0) is 21.0. The van der Waals surface area contributed by atoms with E-state index in [1.54, 1.807) is 11.8 Å². The van der Waals surface area contributed by atoms with Crippen molar-refractivity contribution in [1.29, 1.82) is 0 Å². The summed E-state index contributed by atoms with van der Waals surface area (Å²) in [5, 5.41) is 9.84. The van der Waals surface area contributed by atoms with Gasteiger partial charge in [0.15, 0.2) is 5.16 Å². The van der Waals surface area contributed by atoms with Crippen LogP contribution in [0.1, 0.15) is 54.6 Å². The molecular formula is C25H28N4OS. The van der Waals surface area contributed by atoms with Gasteiger partial charge < -0.3 is 9.47 Å². The highest BCUT2D eigenvalue weighted by Crippen LogP contribution is 2.46. The standard InChI is InChI=1S/C25H28N4OS/c30-23(18-31-25-27-26-24(21-11-12-21)29(25)22-13-14-22)28(17-20-9-5-2-6-10-20)16-15-19-7-3-1-4-8-19/h1-10,21-22H,11-18H2. The van der Waals surface area contributed by atoms with Gasteiger partial charge in [-0.05, 0) is 43.2 Å². The number of thioether (sulfide) groups is 1. The summed E-state index contributed by atoms with van der Waals surface area (Å²) in [4.78, 5) is 15.2. The van der Waals surface area contributed by atoms with Crippen molar-refractivity contribution in [3.05, 3.63) is 77.6 Å². The lowest BCUT2D eigenvalue weighted by molar-refractivity contribution is -0.128. The predicted molar refractivity (Wildman–Crippen MR) is 123 cm³/mol. The number of carbonyl (C=O) groups excluding carboxylic acids is 1. The number of aromatic nitrogens is 3. The molecule has 1 heterocycles. The monoisotopic (exact) mass is 432 g/mol. The smallest absolute Gasteiger partial charge is 0.233 e. The zero-order valence-corrected chi connectivity index (χ0v) is 18.5. The molecule has 5 rings (SSSR count). The Morgan fingerprint density at radius 2 is 1.61 bits per heavy atom. The van der Waals surface area contributed by atoms with Crippen molar-refractivity contribution in [3.63, 3.8) is 0 Å². The summed E-state index contributed by atoms with van der Waals surface area (Å²) in [5.41, 5.74) is 2.41. The molecule has 160 valence electrons. The molecule has 6 heteroatoms. The Hall–Kier alpha value is -2.60. The summed E-state index contributed by atoms with van der Waals surface area (Å²) in [6.07, 6.45) is 5.71. The van der Waals surface area contributed by atoms with Gasteiger partial charge in [-0.1, -0.05) is 72.4 Å². The van der Waals surface area contributed by atoms with Crippen LogP contribution in [0.5, 0.6) is 0 Å². The van der Waals surface area contributed by atoms with Gasteiger partial charge in [-0.25, -0.2) is 0 Å². The fraction of sp³-hybridized carbons (Fsp3) is 0.400. The topological polar surface area (TPSA) is 51.0 Å². The second-order valence-corrected chi connectivity index (χ2v) is 9.48. The predicted octanol–water partition coefficient (Wildman–Crippen LogP) is 4.85. The number of carbonyl (C=O) groups is 1. The lowest BCUT2D eigenvalue weighted by Crippen LogP contribution is -2.34. The van der Waals surface area contributed by atoms with Gasteiger partial charge in [-0.15, -0.1) is 10.2 Å². The summed E-state index contributed by atoms with van der Waals surface area (Å²) in [5.74, 6) is 2.28. The molecule has 0 aliphatic heterocycles. The van der Waals surface area contributed by atoms with Crippen LogP contribution in [0.2, 0.25) is 0 Å². The third-order valence-corrected chi connectivity index (χ3v) is 6.88. The van der Waals surface area contributed by atoms with Crippen LogP contribution in [-0.4, -0.2) is 37.9 Å². The van der Waals surface area contributed by atoms with Gasteiger partial charge in [0.25, 0.3) is 0 Å². The van der Waals surface area contributed by atoms with Crippen LogP contribution in [0.25, 0.3) is 0 Å². The molecule has 0 unspecified atom stereocenters. The molecule has 2 aromatic carbocycles. The van der Waals surface area contributed by atoms with Crippen LogP contribution in [0, 0.1) is 0 Å². The van der Waals surface area contributed by atoms with Gasteiger partial charge in [-0.3, -0.25) is 4.79 Å². The number of hydrogen-bond acceptors (Lipinski definition) is 4. The number of rotatable bonds is 10. The summed E-state index contributed by atoms with van der Waals surface area (Å²) < 4.78 is 2.32. The van der Waals surface area contributed by atoms with E-state index in [0.29, 0.717) is 30.8 Å². The fourth-order valence-corrected chi connectivity index (χ4v) is 4.82. The Balaban J connectivity index is 1.26. The average molecular weight is 433 g/mol. The maximum absolute atomic E-state index is 13.2. The molecule has 2 aliphatic rings. The van der Waals surface area contributed by atoms with E-state index >= 15 is 0 Å². The second kappa shape index (κ2) is 9.27. The van der Waals surface area contributed by atoms with E-state index in [-0.39, 0.29) is 5.91 Å². The van der Waals surface area contributed by atoms with E-state index in [2.05, 4.69) is 51.2 Å². The molecule has 5 nitrogen and oxygen atoms in total. The highest BCUT2D eigenvalue weighted by Gasteiger charge is 2.36. The van der Waals surface area contributed by atoms with Gasteiger partial charge >= 0.3 is 0 Å². The summed E-state index contributed by atoms with van der Waals surface area (Å²) in [6.45, 7) is 1.34. The molecule has 0 atom stereocenters. The quantitative estimate of drug-likeness (QED) is 0.430. The van der Waals surface area contributed by atoms with E-state index in [9.17, 15) is 4.79 Å². The van der Waals surface area contributed by atoms with Gasteiger partial charge in [0.2, 0.25) is 5.91 Å². The van der Waals surface area contributed by atoms with E-state index in [4.69, 9.17) is 0 Å².